The first kappa shape index (κ1) is 14.3. The zero-order valence-corrected chi connectivity index (χ0v) is 11.9. The molecular formula is C13H15N3O3S. The summed E-state index contributed by atoms with van der Waals surface area (Å²) >= 11 is 1.29. The van der Waals surface area contributed by atoms with Crippen molar-refractivity contribution in [1.29, 1.82) is 0 Å². The van der Waals surface area contributed by atoms with Crippen LogP contribution in [0.4, 0.5) is 5.13 Å². The highest BCUT2D eigenvalue weighted by Crippen LogP contribution is 2.25. The number of nitrogens with one attached hydrogen (secondary N) is 1. The Labute approximate surface area is 120 Å². The van der Waals surface area contributed by atoms with E-state index in [1.807, 2.05) is 24.3 Å². The third-order valence-electron chi connectivity index (χ3n) is 2.48. The highest BCUT2D eigenvalue weighted by atomic mass is 32.1. The van der Waals surface area contributed by atoms with Crippen molar-refractivity contribution in [2.45, 2.75) is 12.8 Å². The van der Waals surface area contributed by atoms with E-state index in [1.165, 1.54) is 11.3 Å². The summed E-state index contributed by atoms with van der Waals surface area (Å²) in [6.45, 7) is 0.448. The van der Waals surface area contributed by atoms with Crippen molar-refractivity contribution in [3.05, 3.63) is 29.8 Å². The number of carbonyl (C=O) groups excluding carboxylic acids is 1. The third kappa shape index (κ3) is 4.20. The van der Waals surface area contributed by atoms with Crippen LogP contribution < -0.4 is 14.8 Å². The van der Waals surface area contributed by atoms with Crippen LogP contribution in [0.3, 0.4) is 0 Å². The lowest BCUT2D eigenvalue weighted by Crippen LogP contribution is -2.12. The summed E-state index contributed by atoms with van der Waals surface area (Å²) in [4.78, 5) is 11.6. The minimum atomic E-state index is -0.0922. The van der Waals surface area contributed by atoms with Crippen molar-refractivity contribution >= 4 is 22.4 Å². The number of rotatable bonds is 7. The van der Waals surface area contributed by atoms with E-state index in [0.717, 1.165) is 0 Å². The second kappa shape index (κ2) is 7.44. The summed E-state index contributed by atoms with van der Waals surface area (Å²) in [5, 5.41) is 10.6. The van der Waals surface area contributed by atoms with Gasteiger partial charge >= 0.3 is 0 Å². The van der Waals surface area contributed by atoms with Gasteiger partial charge in [-0.3, -0.25) is 4.79 Å². The molecule has 106 valence electrons. The lowest BCUT2D eigenvalue weighted by Gasteiger charge is -2.09. The fourth-order valence-corrected chi connectivity index (χ4v) is 2.02. The van der Waals surface area contributed by atoms with E-state index in [2.05, 4.69) is 15.5 Å². The molecule has 0 atom stereocenters. The fourth-order valence-electron chi connectivity index (χ4n) is 1.56. The van der Waals surface area contributed by atoms with Crippen LogP contribution in [0.5, 0.6) is 11.5 Å². The molecule has 2 rings (SSSR count). The third-order valence-corrected chi connectivity index (χ3v) is 3.09. The summed E-state index contributed by atoms with van der Waals surface area (Å²) in [5.41, 5.74) is 1.57. The molecule has 1 heterocycles. The molecule has 0 unspecified atom stereocenters. The zero-order valence-electron chi connectivity index (χ0n) is 11.0. The summed E-state index contributed by atoms with van der Waals surface area (Å²) < 4.78 is 10.8. The van der Waals surface area contributed by atoms with Crippen LogP contribution in [0, 0.1) is 0 Å². The van der Waals surface area contributed by atoms with E-state index in [-0.39, 0.29) is 5.91 Å². The topological polar surface area (TPSA) is 73.3 Å². The maximum atomic E-state index is 11.6. The maximum Gasteiger partial charge on any atom is 0.226 e. The van der Waals surface area contributed by atoms with Crippen molar-refractivity contribution in [2.75, 3.05) is 19.0 Å². The predicted molar refractivity (Wildman–Crippen MR) is 76.3 cm³/mol. The molecule has 0 saturated carbocycles. The summed E-state index contributed by atoms with van der Waals surface area (Å²) in [6.07, 6.45) is 0.984. The number of nitrogens with zero attached hydrogens (tertiary/aromatic N) is 2. The van der Waals surface area contributed by atoms with Gasteiger partial charge in [-0.05, 0) is 18.6 Å². The van der Waals surface area contributed by atoms with Crippen LogP contribution in [0.1, 0.15) is 12.8 Å². The molecule has 6 nitrogen and oxygen atoms in total. The molecule has 0 fully saturated rings. The van der Waals surface area contributed by atoms with Crippen LogP contribution in [-0.2, 0) is 4.79 Å². The number of carbonyl (C=O) groups is 1. The molecule has 1 aromatic heterocycles. The van der Waals surface area contributed by atoms with Crippen molar-refractivity contribution < 1.29 is 14.3 Å². The van der Waals surface area contributed by atoms with Gasteiger partial charge in [0.05, 0.1) is 13.7 Å². The molecule has 1 amide bonds. The largest absolute Gasteiger partial charge is 0.493 e. The van der Waals surface area contributed by atoms with Crippen molar-refractivity contribution in [3.63, 3.8) is 0 Å². The number of anilines is 1. The van der Waals surface area contributed by atoms with Gasteiger partial charge in [0.25, 0.3) is 0 Å². The molecule has 2 aromatic rings. The smallest absolute Gasteiger partial charge is 0.226 e. The van der Waals surface area contributed by atoms with Crippen LogP contribution >= 0.6 is 11.3 Å². The molecule has 7 heteroatoms. The van der Waals surface area contributed by atoms with Gasteiger partial charge in [-0.1, -0.05) is 23.5 Å². The predicted octanol–water partition coefficient (Wildman–Crippen LogP) is 2.34. The van der Waals surface area contributed by atoms with Gasteiger partial charge in [0.1, 0.15) is 5.51 Å². The number of hydrogen-bond acceptors (Lipinski definition) is 6. The highest BCUT2D eigenvalue weighted by molar-refractivity contribution is 7.13. The van der Waals surface area contributed by atoms with E-state index in [1.54, 1.807) is 12.6 Å². The molecule has 1 aromatic carbocycles. The molecular weight excluding hydrogens is 278 g/mol. The van der Waals surface area contributed by atoms with Gasteiger partial charge in [-0.25, -0.2) is 0 Å². The number of aromatic nitrogens is 2. The molecule has 1 N–H and O–H groups in total. The molecule has 0 aliphatic rings. The Morgan fingerprint density at radius 2 is 2.15 bits per heavy atom. The first-order valence-corrected chi connectivity index (χ1v) is 6.99. The SMILES string of the molecule is COc1ccccc1OCCCC(=O)Nc1nncs1. The second-order valence-electron chi connectivity index (χ2n) is 3.89. The van der Waals surface area contributed by atoms with E-state index in [4.69, 9.17) is 9.47 Å². The van der Waals surface area contributed by atoms with Gasteiger partial charge in [0.2, 0.25) is 11.0 Å². The Balaban J connectivity index is 1.69. The quantitative estimate of drug-likeness (QED) is 0.793. The van der Waals surface area contributed by atoms with E-state index < -0.39 is 0 Å². The van der Waals surface area contributed by atoms with E-state index in [0.29, 0.717) is 36.1 Å². The lowest BCUT2D eigenvalue weighted by molar-refractivity contribution is -0.116. The number of hydrogen-bond donors (Lipinski definition) is 1. The van der Waals surface area contributed by atoms with Crippen LogP contribution in [0.2, 0.25) is 0 Å². The maximum absolute atomic E-state index is 11.6. The number of amides is 1. The molecule has 0 radical (unpaired) electrons. The molecule has 0 aliphatic carbocycles. The van der Waals surface area contributed by atoms with Crippen LogP contribution in [0.25, 0.3) is 0 Å². The van der Waals surface area contributed by atoms with Crippen molar-refractivity contribution in [2.24, 2.45) is 0 Å². The number of methoxy groups -OCH3 is 1. The lowest BCUT2D eigenvalue weighted by atomic mass is 10.3. The van der Waals surface area contributed by atoms with Crippen molar-refractivity contribution in [1.82, 2.24) is 10.2 Å². The Morgan fingerprint density at radius 3 is 2.85 bits per heavy atom. The molecule has 0 saturated heterocycles. The first-order valence-electron chi connectivity index (χ1n) is 6.11. The Morgan fingerprint density at radius 1 is 1.35 bits per heavy atom. The molecule has 0 spiro atoms. The zero-order chi connectivity index (χ0) is 14.2. The fraction of sp³-hybridized carbons (Fsp3) is 0.308. The number of ether oxygens (including phenoxy) is 2. The summed E-state index contributed by atoms with van der Waals surface area (Å²) in [7, 11) is 1.59. The molecule has 20 heavy (non-hydrogen) atoms. The number of para-hydroxylation sites is 2. The van der Waals surface area contributed by atoms with E-state index in [9.17, 15) is 4.79 Å². The summed E-state index contributed by atoms with van der Waals surface area (Å²) in [5.74, 6) is 1.27. The van der Waals surface area contributed by atoms with Crippen LogP contribution in [0.15, 0.2) is 29.8 Å². The standard InChI is InChI=1S/C13H15N3O3S/c1-18-10-5-2-3-6-11(10)19-8-4-7-12(17)15-13-16-14-9-20-13/h2-3,5-6,9H,4,7-8H2,1H3,(H,15,16,17). The average Bonchev–Trinajstić information content (AvgIpc) is 2.97. The van der Waals surface area contributed by atoms with Crippen LogP contribution in [-0.4, -0.2) is 29.8 Å². The molecule has 0 bridgehead atoms. The van der Waals surface area contributed by atoms with E-state index >= 15 is 0 Å². The second-order valence-corrected chi connectivity index (χ2v) is 4.73. The Hall–Kier alpha value is -2.15. The van der Waals surface area contributed by atoms with Gasteiger partial charge in [-0.15, -0.1) is 10.2 Å². The minimum absolute atomic E-state index is 0.0922. The van der Waals surface area contributed by atoms with Crippen molar-refractivity contribution in [3.8, 4) is 11.5 Å². The normalized spacial score (nSPS) is 10.1. The highest BCUT2D eigenvalue weighted by Gasteiger charge is 2.06. The first-order chi connectivity index (χ1) is 9.79. The van der Waals surface area contributed by atoms with Gasteiger partial charge in [-0.2, -0.15) is 0 Å². The average molecular weight is 293 g/mol. The van der Waals surface area contributed by atoms with Gasteiger partial charge < -0.3 is 14.8 Å². The number of benzene rings is 1. The van der Waals surface area contributed by atoms with Gasteiger partial charge in [0, 0.05) is 6.42 Å². The molecule has 0 aliphatic heterocycles. The summed E-state index contributed by atoms with van der Waals surface area (Å²) in [6, 6.07) is 7.42. The monoisotopic (exact) mass is 293 g/mol. The van der Waals surface area contributed by atoms with Gasteiger partial charge in [0.15, 0.2) is 11.5 Å². The Kier molecular flexibility index (Phi) is 5.31. The minimum Gasteiger partial charge on any atom is -0.493 e. The Bertz CT molecular complexity index is 546.